The Morgan fingerprint density at radius 3 is 2.35 bits per heavy atom. The highest BCUT2D eigenvalue weighted by atomic mass is 31.1. The molecule has 3 rings (SSSR count). The highest BCUT2D eigenvalue weighted by Crippen LogP contribution is 2.36. The van der Waals surface area contributed by atoms with Crippen molar-refractivity contribution in [1.82, 2.24) is 5.32 Å². The maximum Gasteiger partial charge on any atom is 0.696 e. The number of amides is 1. The van der Waals surface area contributed by atoms with Gasteiger partial charge in [0.15, 0.2) is 6.73 Å². The van der Waals surface area contributed by atoms with Crippen molar-refractivity contribution in [1.29, 1.82) is 0 Å². The van der Waals surface area contributed by atoms with Crippen LogP contribution in [0.15, 0.2) is 48.5 Å². The van der Waals surface area contributed by atoms with E-state index in [1.54, 1.807) is 18.2 Å². The monoisotopic (exact) mass is 446 g/mol. The number of carbonyl (C=O) groups is 1. The van der Waals surface area contributed by atoms with Crippen LogP contribution in [0.4, 0.5) is 0 Å². The smallest absolute Gasteiger partial charge is 0.488 e. The van der Waals surface area contributed by atoms with Crippen LogP contribution < -0.4 is 15.5 Å². The van der Waals surface area contributed by atoms with Crippen LogP contribution >= 0.6 is 8.25 Å². The molecule has 1 saturated heterocycles. The molecule has 1 aliphatic heterocycles. The van der Waals surface area contributed by atoms with Crippen LogP contribution in [0.3, 0.4) is 0 Å². The van der Waals surface area contributed by atoms with Gasteiger partial charge in [0.25, 0.3) is 5.91 Å². The van der Waals surface area contributed by atoms with Crippen molar-refractivity contribution in [3.05, 3.63) is 59.7 Å². The Morgan fingerprint density at radius 2 is 1.74 bits per heavy atom. The van der Waals surface area contributed by atoms with Gasteiger partial charge in [-0.25, -0.2) is 0 Å². The molecule has 10 heteroatoms. The van der Waals surface area contributed by atoms with E-state index in [1.165, 1.54) is 0 Å². The van der Waals surface area contributed by atoms with E-state index < -0.39 is 39.2 Å². The van der Waals surface area contributed by atoms with Crippen molar-refractivity contribution in [3.63, 3.8) is 0 Å². The first-order valence-electron chi connectivity index (χ1n) is 9.82. The van der Waals surface area contributed by atoms with Crippen molar-refractivity contribution >= 4 is 26.7 Å². The molecule has 0 aromatic heterocycles. The van der Waals surface area contributed by atoms with Crippen LogP contribution in [0, 0.1) is 0 Å². The zero-order chi connectivity index (χ0) is 22.6. The van der Waals surface area contributed by atoms with Gasteiger partial charge in [-0.05, 0) is 50.9 Å². The topological polar surface area (TPSA) is 103 Å². The summed E-state index contributed by atoms with van der Waals surface area (Å²) in [5, 5.41) is 2.44. The third-order valence-electron chi connectivity index (χ3n) is 5.42. The summed E-state index contributed by atoms with van der Waals surface area (Å²) in [5.41, 5.74) is 0.908. The normalized spacial score (nSPS) is 17.3. The molecule has 2 aromatic carbocycles. The fraction of sp³-hybridized carbons (Fsp3) is 0.381. The fourth-order valence-corrected chi connectivity index (χ4v) is 3.13. The quantitative estimate of drug-likeness (QED) is 0.365. The largest absolute Gasteiger partial charge is 0.696 e. The number of nitrogens with one attached hydrogen (secondary N) is 1. The Balaban J connectivity index is 1.84. The predicted octanol–water partition coefficient (Wildman–Crippen LogP) is 2.92. The third kappa shape index (κ3) is 5.70. The molecule has 1 aliphatic rings. The Hall–Kier alpha value is -2.29. The minimum Gasteiger partial charge on any atom is -0.488 e. The van der Waals surface area contributed by atoms with Gasteiger partial charge >= 0.3 is 15.4 Å². The number of benzene rings is 2. The van der Waals surface area contributed by atoms with Gasteiger partial charge in [-0.15, -0.1) is 4.89 Å². The summed E-state index contributed by atoms with van der Waals surface area (Å²) < 4.78 is 33.3. The van der Waals surface area contributed by atoms with E-state index in [0.29, 0.717) is 11.2 Å². The Bertz CT molecular complexity index is 936. The van der Waals surface area contributed by atoms with E-state index in [1.807, 2.05) is 58.0 Å². The summed E-state index contributed by atoms with van der Waals surface area (Å²) in [5.74, 6) is -0.165. The molecule has 2 aromatic rings. The van der Waals surface area contributed by atoms with E-state index in [-0.39, 0.29) is 12.2 Å². The van der Waals surface area contributed by atoms with Crippen molar-refractivity contribution < 1.29 is 32.8 Å². The van der Waals surface area contributed by atoms with Gasteiger partial charge in [0.1, 0.15) is 12.4 Å². The number of ether oxygens (including phenoxy) is 1. The van der Waals surface area contributed by atoms with Crippen molar-refractivity contribution in [3.8, 4) is 5.75 Å². The SMILES string of the molecule is CC1(C)OB(c2ccc(C(=O)NCO[P+](=O)O)c(OCc3ccccc3)c2)OC1(C)C. The lowest BCUT2D eigenvalue weighted by Crippen LogP contribution is -2.41. The number of hydrogen-bond donors (Lipinski definition) is 2. The highest BCUT2D eigenvalue weighted by molar-refractivity contribution is 7.32. The van der Waals surface area contributed by atoms with Crippen LogP contribution in [-0.2, 0) is 25.0 Å². The van der Waals surface area contributed by atoms with Crippen molar-refractivity contribution in [2.45, 2.75) is 45.5 Å². The van der Waals surface area contributed by atoms with E-state index >= 15 is 0 Å². The first-order chi connectivity index (χ1) is 14.6. The minimum absolute atomic E-state index is 0.257. The molecule has 0 spiro atoms. The maximum absolute atomic E-state index is 12.6. The molecule has 31 heavy (non-hydrogen) atoms. The molecule has 1 unspecified atom stereocenters. The van der Waals surface area contributed by atoms with Crippen LogP contribution in [-0.4, -0.2) is 35.9 Å². The lowest BCUT2D eigenvalue weighted by molar-refractivity contribution is 0.00578. The number of hydrogen-bond acceptors (Lipinski definition) is 6. The van der Waals surface area contributed by atoms with Crippen molar-refractivity contribution in [2.75, 3.05) is 6.73 Å². The average molecular weight is 446 g/mol. The summed E-state index contributed by atoms with van der Waals surface area (Å²) in [6.07, 6.45) is 0. The van der Waals surface area contributed by atoms with Crippen LogP contribution in [0.1, 0.15) is 43.6 Å². The van der Waals surface area contributed by atoms with Gasteiger partial charge in [-0.1, -0.05) is 40.9 Å². The summed E-state index contributed by atoms with van der Waals surface area (Å²) >= 11 is 0. The second-order valence-electron chi connectivity index (χ2n) is 8.14. The maximum atomic E-state index is 12.6. The molecule has 164 valence electrons. The van der Waals surface area contributed by atoms with E-state index in [0.717, 1.165) is 5.56 Å². The van der Waals surface area contributed by atoms with Crippen LogP contribution in [0.2, 0.25) is 0 Å². The molecule has 1 amide bonds. The lowest BCUT2D eigenvalue weighted by atomic mass is 9.78. The van der Waals surface area contributed by atoms with Crippen LogP contribution in [0.25, 0.3) is 0 Å². The first kappa shape index (κ1) is 23.4. The average Bonchev–Trinajstić information content (AvgIpc) is 2.93. The second kappa shape index (κ2) is 9.46. The molecule has 1 heterocycles. The molecule has 8 nitrogen and oxygen atoms in total. The zero-order valence-electron chi connectivity index (χ0n) is 18.0. The summed E-state index contributed by atoms with van der Waals surface area (Å²) in [4.78, 5) is 21.3. The Morgan fingerprint density at radius 1 is 1.10 bits per heavy atom. The third-order valence-corrected chi connectivity index (χ3v) is 5.77. The molecule has 0 saturated carbocycles. The summed E-state index contributed by atoms with van der Waals surface area (Å²) in [7, 11) is -3.41. The zero-order valence-corrected chi connectivity index (χ0v) is 18.8. The van der Waals surface area contributed by atoms with Gasteiger partial charge in [-0.3, -0.25) is 4.79 Å². The first-order valence-corrected chi connectivity index (χ1v) is 11.0. The number of carbonyl (C=O) groups excluding carboxylic acids is 1. The molecule has 1 atom stereocenters. The molecule has 0 radical (unpaired) electrons. The second-order valence-corrected chi connectivity index (χ2v) is 8.87. The Kier molecular flexibility index (Phi) is 7.14. The van der Waals surface area contributed by atoms with E-state index in [4.69, 9.17) is 18.9 Å². The highest BCUT2D eigenvalue weighted by Gasteiger charge is 2.51. The fourth-order valence-electron chi connectivity index (χ4n) is 2.96. The van der Waals surface area contributed by atoms with Gasteiger partial charge in [0.05, 0.1) is 16.8 Å². The molecule has 1 fully saturated rings. The summed E-state index contributed by atoms with van der Waals surface area (Å²) in [6.45, 7) is 7.72. The number of rotatable bonds is 8. The van der Waals surface area contributed by atoms with E-state index in [9.17, 15) is 9.36 Å². The van der Waals surface area contributed by atoms with Gasteiger partial charge in [0, 0.05) is 4.57 Å². The lowest BCUT2D eigenvalue weighted by Gasteiger charge is -2.32. The van der Waals surface area contributed by atoms with Gasteiger partial charge < -0.3 is 19.4 Å². The van der Waals surface area contributed by atoms with Gasteiger partial charge in [0.2, 0.25) is 0 Å². The molecule has 0 bridgehead atoms. The predicted molar refractivity (Wildman–Crippen MR) is 116 cm³/mol. The molecule has 2 N–H and O–H groups in total. The minimum atomic E-state index is -2.80. The summed E-state index contributed by atoms with van der Waals surface area (Å²) in [6, 6.07) is 14.6. The standard InChI is InChI=1S/C21H25BNO7P/c1-20(2)21(3,4)30-22(29-20)16-10-11-17(19(24)23-14-28-31(25)26)18(12-16)27-13-15-8-6-5-7-9-15/h5-12H,13-14H2,1-4H3,(H-,23,24,25,26)/p+1. The Labute approximate surface area is 182 Å². The van der Waals surface area contributed by atoms with Gasteiger partial charge in [-0.2, -0.15) is 0 Å². The molecule has 0 aliphatic carbocycles. The molecular formula is C21H26BNO7P+. The van der Waals surface area contributed by atoms with E-state index in [2.05, 4.69) is 9.84 Å². The molecular weight excluding hydrogens is 420 g/mol. The van der Waals surface area contributed by atoms with Crippen LogP contribution in [0.5, 0.6) is 5.75 Å². The van der Waals surface area contributed by atoms with Crippen molar-refractivity contribution in [2.24, 2.45) is 0 Å².